The van der Waals surface area contributed by atoms with Crippen LogP contribution in [0.2, 0.25) is 0 Å². The maximum atomic E-state index is 12.7. The van der Waals surface area contributed by atoms with E-state index in [1.807, 2.05) is 36.1 Å². The number of piperazine rings is 1. The maximum Gasteiger partial charge on any atom is 0.253 e. The first kappa shape index (κ1) is 24.0. The van der Waals surface area contributed by atoms with Crippen LogP contribution in [0.4, 0.5) is 17.5 Å². The van der Waals surface area contributed by atoms with E-state index >= 15 is 0 Å². The zero-order chi connectivity index (χ0) is 24.1. The van der Waals surface area contributed by atoms with Crippen molar-refractivity contribution >= 4 is 42.6 Å². The Morgan fingerprint density at radius 3 is 2.56 bits per heavy atom. The third-order valence-corrected chi connectivity index (χ3v) is 6.52. The summed E-state index contributed by atoms with van der Waals surface area (Å²) in [5, 5.41) is 9.44. The number of benzene rings is 1. The van der Waals surface area contributed by atoms with Crippen molar-refractivity contribution in [2.45, 2.75) is 32.2 Å². The summed E-state index contributed by atoms with van der Waals surface area (Å²) in [4.78, 5) is 38.1. The quantitative estimate of drug-likeness (QED) is 0.531. The molecule has 1 aromatic heterocycles. The van der Waals surface area contributed by atoms with E-state index in [0.29, 0.717) is 29.3 Å². The Morgan fingerprint density at radius 1 is 1.12 bits per heavy atom. The number of hydrogen-bond acceptors (Lipinski definition) is 7. The van der Waals surface area contributed by atoms with Gasteiger partial charge < -0.3 is 25.8 Å². The molecule has 1 saturated carbocycles. The number of carbonyl (C=O) groups excluding carboxylic acids is 2. The Hall–Kier alpha value is -3.14. The predicted octanol–water partition coefficient (Wildman–Crippen LogP) is 1.12. The first-order valence-corrected chi connectivity index (χ1v) is 12.0. The number of nitrogens with one attached hydrogen (secondary N) is 3. The summed E-state index contributed by atoms with van der Waals surface area (Å²) in [6.07, 6.45) is 4.27. The van der Waals surface area contributed by atoms with E-state index in [1.165, 1.54) is 0 Å². The highest BCUT2D eigenvalue weighted by atomic mass is 16.2. The highest BCUT2D eigenvalue weighted by molar-refractivity contribution is 6.35. The van der Waals surface area contributed by atoms with Gasteiger partial charge in [-0.1, -0.05) is 6.42 Å². The Bertz CT molecular complexity index is 1010. The Kier molecular flexibility index (Phi) is 7.67. The summed E-state index contributed by atoms with van der Waals surface area (Å²) in [5.41, 5.74) is 1.86. The molecule has 0 unspecified atom stereocenters. The van der Waals surface area contributed by atoms with Gasteiger partial charge in [-0.2, -0.15) is 4.98 Å². The number of hydrogen-bond donors (Lipinski definition) is 3. The lowest BCUT2D eigenvalue weighted by atomic mass is 9.97. The maximum absolute atomic E-state index is 12.7. The number of rotatable bonds is 7. The second-order valence-corrected chi connectivity index (χ2v) is 8.98. The van der Waals surface area contributed by atoms with Crippen molar-refractivity contribution < 1.29 is 9.59 Å². The first-order valence-electron chi connectivity index (χ1n) is 12.0. The summed E-state index contributed by atoms with van der Waals surface area (Å²) in [7, 11) is 8.18. The number of likely N-dealkylation sites (N-methyl/N-ethyl adjacent to an activating group) is 1. The lowest BCUT2D eigenvalue weighted by molar-refractivity contribution is -0.124. The van der Waals surface area contributed by atoms with Crippen LogP contribution < -0.4 is 21.4 Å². The van der Waals surface area contributed by atoms with Crippen LogP contribution in [0.3, 0.4) is 0 Å². The van der Waals surface area contributed by atoms with Crippen molar-refractivity contribution in [2.24, 2.45) is 5.92 Å². The van der Waals surface area contributed by atoms with Crippen LogP contribution in [-0.4, -0.2) is 85.2 Å². The van der Waals surface area contributed by atoms with Crippen LogP contribution in [0.1, 0.15) is 36.5 Å². The van der Waals surface area contributed by atoms with Crippen LogP contribution in [0.5, 0.6) is 0 Å². The Morgan fingerprint density at radius 2 is 1.85 bits per heavy atom. The van der Waals surface area contributed by atoms with Gasteiger partial charge >= 0.3 is 0 Å². The van der Waals surface area contributed by atoms with Gasteiger partial charge in [-0.3, -0.25) is 9.59 Å². The van der Waals surface area contributed by atoms with E-state index in [2.05, 4.69) is 37.9 Å². The molecule has 2 fully saturated rings. The molecule has 1 saturated heterocycles. The van der Waals surface area contributed by atoms with Crippen molar-refractivity contribution in [3.05, 3.63) is 36.0 Å². The Balaban J connectivity index is 1.40. The minimum absolute atomic E-state index is 0.0172. The molecular formula is C24H32BN7O2. The zero-order valence-corrected chi connectivity index (χ0v) is 19.9. The molecule has 4 rings (SSSR count). The van der Waals surface area contributed by atoms with Gasteiger partial charge in [0, 0.05) is 56.2 Å². The average Bonchev–Trinajstić information content (AvgIpc) is 3.30. The third kappa shape index (κ3) is 5.67. The van der Waals surface area contributed by atoms with E-state index in [1.54, 1.807) is 6.20 Å². The van der Waals surface area contributed by atoms with E-state index in [0.717, 1.165) is 51.1 Å². The molecule has 2 aliphatic rings. The summed E-state index contributed by atoms with van der Waals surface area (Å²) in [5.74, 6) is 0.918. The molecule has 2 aromatic rings. The molecule has 1 aliphatic carbocycles. The highest BCUT2D eigenvalue weighted by Gasteiger charge is 2.33. The summed E-state index contributed by atoms with van der Waals surface area (Å²) >= 11 is 0. The second-order valence-electron chi connectivity index (χ2n) is 8.98. The monoisotopic (exact) mass is 461 g/mol. The molecule has 178 valence electrons. The number of amides is 2. The van der Waals surface area contributed by atoms with Gasteiger partial charge in [0.25, 0.3) is 5.91 Å². The van der Waals surface area contributed by atoms with Crippen molar-refractivity contribution in [2.75, 3.05) is 50.4 Å². The fourth-order valence-electron chi connectivity index (χ4n) is 4.51. The molecule has 9 nitrogen and oxygen atoms in total. The summed E-state index contributed by atoms with van der Waals surface area (Å²) in [6.45, 7) is 5.80. The zero-order valence-electron chi connectivity index (χ0n) is 19.9. The molecule has 2 heterocycles. The number of aromatic nitrogens is 2. The van der Waals surface area contributed by atoms with Crippen LogP contribution in [0.25, 0.3) is 0 Å². The molecule has 1 aromatic carbocycles. The van der Waals surface area contributed by atoms with Crippen molar-refractivity contribution in [3.8, 4) is 0 Å². The average molecular weight is 461 g/mol. The number of nitrogens with zero attached hydrogens (tertiary/aromatic N) is 4. The smallest absolute Gasteiger partial charge is 0.253 e. The molecule has 0 bridgehead atoms. The normalized spacial score (nSPS) is 20.7. The van der Waals surface area contributed by atoms with Gasteiger partial charge in [-0.25, -0.2) is 4.98 Å². The van der Waals surface area contributed by atoms with Crippen LogP contribution in [0.15, 0.2) is 30.5 Å². The topological polar surface area (TPSA) is 102 Å². The fraction of sp³-hybridized carbons (Fsp3) is 0.500. The number of carbonyl (C=O) groups is 2. The molecule has 2 amide bonds. The Labute approximate surface area is 202 Å². The van der Waals surface area contributed by atoms with Gasteiger partial charge in [0.05, 0.1) is 5.92 Å². The summed E-state index contributed by atoms with van der Waals surface area (Å²) < 4.78 is 0. The van der Waals surface area contributed by atoms with Crippen molar-refractivity contribution in [1.82, 2.24) is 25.1 Å². The van der Waals surface area contributed by atoms with Crippen LogP contribution >= 0.6 is 0 Å². The molecule has 2 atom stereocenters. The SMILES string of the molecule is [B]c1cnc(Nc2ccc(C(=O)N3CCN(C)CC3)cc2)nc1N[C@@H]1CCC[C@@H]1C(=O)NCC. The van der Waals surface area contributed by atoms with Gasteiger partial charge in [0.1, 0.15) is 13.7 Å². The fourth-order valence-corrected chi connectivity index (χ4v) is 4.51. The minimum Gasteiger partial charge on any atom is -0.367 e. The van der Waals surface area contributed by atoms with Gasteiger partial charge in [0.15, 0.2) is 0 Å². The van der Waals surface area contributed by atoms with E-state index in [-0.39, 0.29) is 23.8 Å². The largest absolute Gasteiger partial charge is 0.367 e. The van der Waals surface area contributed by atoms with Gasteiger partial charge in [-0.05, 0) is 56.5 Å². The lowest BCUT2D eigenvalue weighted by Crippen LogP contribution is -2.47. The number of anilines is 3. The lowest BCUT2D eigenvalue weighted by Gasteiger charge is -2.32. The minimum atomic E-state index is -0.101. The molecule has 34 heavy (non-hydrogen) atoms. The van der Waals surface area contributed by atoms with Gasteiger partial charge in [0.2, 0.25) is 11.9 Å². The standard InChI is InChI=1S/C24H32BN7O2/c1-3-26-22(33)18-5-4-6-20(18)29-21-19(25)15-27-24(30-21)28-17-9-7-16(8-10-17)23(34)32-13-11-31(2)12-14-32/h7-10,15,18,20H,3-6,11-14H2,1-2H3,(H,26,33)(H2,27,28,29,30)/t18-,20+/m0/s1. The van der Waals surface area contributed by atoms with Crippen molar-refractivity contribution in [1.29, 1.82) is 0 Å². The molecule has 1 aliphatic heterocycles. The second kappa shape index (κ2) is 10.9. The van der Waals surface area contributed by atoms with Crippen LogP contribution in [0, 0.1) is 5.92 Å². The highest BCUT2D eigenvalue weighted by Crippen LogP contribution is 2.28. The molecular weight excluding hydrogens is 429 g/mol. The van der Waals surface area contributed by atoms with E-state index in [9.17, 15) is 9.59 Å². The van der Waals surface area contributed by atoms with Crippen molar-refractivity contribution in [3.63, 3.8) is 0 Å². The van der Waals surface area contributed by atoms with E-state index in [4.69, 9.17) is 7.85 Å². The third-order valence-electron chi connectivity index (χ3n) is 6.52. The molecule has 0 spiro atoms. The molecule has 2 radical (unpaired) electrons. The van der Waals surface area contributed by atoms with Gasteiger partial charge in [-0.15, -0.1) is 0 Å². The predicted molar refractivity (Wildman–Crippen MR) is 134 cm³/mol. The van der Waals surface area contributed by atoms with E-state index < -0.39 is 0 Å². The molecule has 10 heteroatoms. The summed E-state index contributed by atoms with van der Waals surface area (Å²) in [6, 6.07) is 7.30. The molecule has 3 N–H and O–H groups in total. The first-order chi connectivity index (χ1) is 16.4. The van der Waals surface area contributed by atoms with Crippen LogP contribution in [-0.2, 0) is 4.79 Å².